The monoisotopic (exact) mass is 359 g/mol. The number of rotatable bonds is 5. The lowest BCUT2D eigenvalue weighted by molar-refractivity contribution is -0.133. The van der Waals surface area contributed by atoms with Crippen LogP contribution in [-0.2, 0) is 20.8 Å². The summed E-state index contributed by atoms with van der Waals surface area (Å²) >= 11 is 0. The molecule has 6 nitrogen and oxygen atoms in total. The molecule has 4 heterocycles. The number of nitrogens with one attached hydrogen (secondary N) is 1. The Hall–Kier alpha value is -1.50. The molecule has 3 fully saturated rings. The van der Waals surface area contributed by atoms with E-state index in [2.05, 4.69) is 27.3 Å². The van der Waals surface area contributed by atoms with Gasteiger partial charge in [-0.2, -0.15) is 0 Å². The molecule has 1 N–H and O–H groups in total. The highest BCUT2D eigenvalue weighted by atomic mass is 16.5. The van der Waals surface area contributed by atoms with Gasteiger partial charge in [0.1, 0.15) is 6.10 Å². The van der Waals surface area contributed by atoms with Gasteiger partial charge < -0.3 is 14.8 Å². The number of fused-ring (bicyclic) bond motifs is 1. The van der Waals surface area contributed by atoms with E-state index < -0.39 is 0 Å². The summed E-state index contributed by atoms with van der Waals surface area (Å²) in [6.07, 6.45) is 7.66. The number of likely N-dealkylation sites (tertiary alicyclic amines) is 1. The average molecular weight is 359 g/mol. The first-order chi connectivity index (χ1) is 12.8. The Morgan fingerprint density at radius 3 is 2.85 bits per heavy atom. The third-order valence-electron chi connectivity index (χ3n) is 5.99. The molecule has 6 heteroatoms. The maximum atomic E-state index is 12.5. The average Bonchev–Trinajstić information content (AvgIpc) is 3.11. The minimum atomic E-state index is -0.272. The standard InChI is InChI=1S/C20H29N3O3/c24-20(22-12-15-4-9-25-10-5-15)18-11-17-3-8-23(14-19(17)26-18)13-16-1-6-21-7-2-16/h1-2,6-7,15,17-19H,3-5,8-14H2,(H,22,24)/t17-,18+,19-/m0/s1. The van der Waals surface area contributed by atoms with Crippen LogP contribution in [0.3, 0.4) is 0 Å². The second-order valence-electron chi connectivity index (χ2n) is 7.84. The number of aromatic nitrogens is 1. The third kappa shape index (κ3) is 4.42. The minimum absolute atomic E-state index is 0.0755. The molecule has 1 aromatic heterocycles. The predicted octanol–water partition coefficient (Wildman–Crippen LogP) is 1.60. The van der Waals surface area contributed by atoms with Gasteiger partial charge in [-0.05, 0) is 61.8 Å². The summed E-state index contributed by atoms with van der Waals surface area (Å²) < 4.78 is 11.5. The fourth-order valence-electron chi connectivity index (χ4n) is 4.36. The van der Waals surface area contributed by atoms with Gasteiger partial charge in [-0.25, -0.2) is 0 Å². The van der Waals surface area contributed by atoms with E-state index in [4.69, 9.17) is 9.47 Å². The van der Waals surface area contributed by atoms with Crippen molar-refractivity contribution in [3.8, 4) is 0 Å². The summed E-state index contributed by atoms with van der Waals surface area (Å²) in [4.78, 5) is 19.0. The van der Waals surface area contributed by atoms with E-state index in [1.54, 1.807) is 0 Å². The highest BCUT2D eigenvalue weighted by Crippen LogP contribution is 2.33. The van der Waals surface area contributed by atoms with Crippen LogP contribution in [0.5, 0.6) is 0 Å². The van der Waals surface area contributed by atoms with Crippen molar-refractivity contribution in [2.45, 2.75) is 44.4 Å². The Kier molecular flexibility index (Phi) is 5.82. The van der Waals surface area contributed by atoms with Crippen molar-refractivity contribution in [2.24, 2.45) is 11.8 Å². The van der Waals surface area contributed by atoms with Crippen molar-refractivity contribution in [1.29, 1.82) is 0 Å². The topological polar surface area (TPSA) is 63.7 Å². The zero-order valence-electron chi connectivity index (χ0n) is 15.3. The van der Waals surface area contributed by atoms with Crippen LogP contribution in [0.4, 0.5) is 0 Å². The van der Waals surface area contributed by atoms with E-state index in [-0.39, 0.29) is 18.1 Å². The number of pyridine rings is 1. The second kappa shape index (κ2) is 8.46. The number of ether oxygens (including phenoxy) is 2. The quantitative estimate of drug-likeness (QED) is 0.865. The largest absolute Gasteiger partial charge is 0.381 e. The zero-order valence-corrected chi connectivity index (χ0v) is 15.3. The first kappa shape index (κ1) is 17.9. The van der Waals surface area contributed by atoms with E-state index >= 15 is 0 Å². The smallest absolute Gasteiger partial charge is 0.249 e. The predicted molar refractivity (Wildman–Crippen MR) is 97.5 cm³/mol. The van der Waals surface area contributed by atoms with E-state index in [0.29, 0.717) is 11.8 Å². The van der Waals surface area contributed by atoms with Gasteiger partial charge in [0, 0.05) is 45.2 Å². The van der Waals surface area contributed by atoms with Gasteiger partial charge in [0.2, 0.25) is 5.91 Å². The van der Waals surface area contributed by atoms with Crippen LogP contribution in [0.1, 0.15) is 31.2 Å². The Morgan fingerprint density at radius 2 is 2.04 bits per heavy atom. The van der Waals surface area contributed by atoms with Crippen molar-refractivity contribution in [2.75, 3.05) is 32.8 Å². The Bertz CT molecular complexity index is 591. The number of nitrogens with zero attached hydrogens (tertiary/aromatic N) is 2. The van der Waals surface area contributed by atoms with Crippen LogP contribution in [0, 0.1) is 11.8 Å². The molecular formula is C20H29N3O3. The molecule has 142 valence electrons. The molecule has 0 aromatic carbocycles. The van der Waals surface area contributed by atoms with Gasteiger partial charge in [-0.1, -0.05) is 0 Å². The lowest BCUT2D eigenvalue weighted by atomic mass is 9.91. The van der Waals surface area contributed by atoms with Gasteiger partial charge in [0.05, 0.1) is 6.10 Å². The molecule has 0 aliphatic carbocycles. The Balaban J connectivity index is 1.24. The first-order valence-electron chi connectivity index (χ1n) is 9.90. The highest BCUT2D eigenvalue weighted by Gasteiger charge is 2.41. The molecule has 3 atom stereocenters. The minimum Gasteiger partial charge on any atom is -0.381 e. The van der Waals surface area contributed by atoms with E-state index in [1.165, 1.54) is 5.56 Å². The molecule has 3 aliphatic heterocycles. The molecule has 1 aromatic rings. The maximum absolute atomic E-state index is 12.5. The summed E-state index contributed by atoms with van der Waals surface area (Å²) in [5.41, 5.74) is 1.28. The number of piperidine rings is 1. The molecule has 1 amide bonds. The fraction of sp³-hybridized carbons (Fsp3) is 0.700. The number of carbonyl (C=O) groups is 1. The van der Waals surface area contributed by atoms with Crippen molar-refractivity contribution in [3.05, 3.63) is 30.1 Å². The van der Waals surface area contributed by atoms with Gasteiger partial charge in [0.15, 0.2) is 0 Å². The number of carbonyl (C=O) groups excluding carboxylic acids is 1. The van der Waals surface area contributed by atoms with E-state index in [1.807, 2.05) is 12.4 Å². The zero-order chi connectivity index (χ0) is 17.8. The third-order valence-corrected chi connectivity index (χ3v) is 5.99. The summed E-state index contributed by atoms with van der Waals surface area (Å²) in [6.45, 7) is 5.30. The molecule has 4 rings (SSSR count). The van der Waals surface area contributed by atoms with Gasteiger partial charge in [0.25, 0.3) is 0 Å². The van der Waals surface area contributed by atoms with Crippen LogP contribution >= 0.6 is 0 Å². The molecule has 0 radical (unpaired) electrons. The SMILES string of the molecule is O=C(NCC1CCOCC1)[C@H]1C[C@@H]2CCN(Cc3ccncc3)C[C@@H]2O1. The van der Waals surface area contributed by atoms with E-state index in [9.17, 15) is 4.79 Å². The van der Waals surface area contributed by atoms with Crippen LogP contribution in [0.15, 0.2) is 24.5 Å². The Labute approximate surface area is 155 Å². The fourth-order valence-corrected chi connectivity index (χ4v) is 4.36. The highest BCUT2D eigenvalue weighted by molar-refractivity contribution is 5.81. The summed E-state index contributed by atoms with van der Waals surface area (Å²) in [5.74, 6) is 1.14. The second-order valence-corrected chi connectivity index (χ2v) is 7.84. The van der Waals surface area contributed by atoms with Gasteiger partial charge >= 0.3 is 0 Å². The lowest BCUT2D eigenvalue weighted by Crippen LogP contribution is -2.42. The molecule has 0 unspecified atom stereocenters. The summed E-state index contributed by atoms with van der Waals surface area (Å²) in [6, 6.07) is 4.13. The molecule has 26 heavy (non-hydrogen) atoms. The van der Waals surface area contributed by atoms with Crippen LogP contribution in [0.25, 0.3) is 0 Å². The van der Waals surface area contributed by atoms with Crippen molar-refractivity contribution in [1.82, 2.24) is 15.2 Å². The molecule has 3 aliphatic rings. The van der Waals surface area contributed by atoms with Gasteiger partial charge in [-0.3, -0.25) is 14.7 Å². The molecule has 0 bridgehead atoms. The lowest BCUT2D eigenvalue weighted by Gasteiger charge is -2.34. The Morgan fingerprint density at radius 1 is 1.23 bits per heavy atom. The van der Waals surface area contributed by atoms with Crippen molar-refractivity contribution in [3.63, 3.8) is 0 Å². The van der Waals surface area contributed by atoms with Crippen molar-refractivity contribution < 1.29 is 14.3 Å². The molecule has 3 saturated heterocycles. The molecule has 0 saturated carbocycles. The van der Waals surface area contributed by atoms with Crippen molar-refractivity contribution >= 4 is 5.91 Å². The number of hydrogen-bond donors (Lipinski definition) is 1. The van der Waals surface area contributed by atoms with Gasteiger partial charge in [-0.15, -0.1) is 0 Å². The molecule has 0 spiro atoms. The van der Waals surface area contributed by atoms with Crippen LogP contribution < -0.4 is 5.32 Å². The summed E-state index contributed by atoms with van der Waals surface area (Å²) in [7, 11) is 0. The first-order valence-corrected chi connectivity index (χ1v) is 9.90. The number of hydrogen-bond acceptors (Lipinski definition) is 5. The normalized spacial score (nSPS) is 30.1. The van der Waals surface area contributed by atoms with E-state index in [0.717, 1.165) is 65.1 Å². The van der Waals surface area contributed by atoms with Crippen LogP contribution in [-0.4, -0.2) is 60.8 Å². The molecular weight excluding hydrogens is 330 g/mol. The summed E-state index contributed by atoms with van der Waals surface area (Å²) in [5, 5.41) is 3.12. The number of amides is 1. The maximum Gasteiger partial charge on any atom is 0.249 e. The van der Waals surface area contributed by atoms with Crippen LogP contribution in [0.2, 0.25) is 0 Å².